The quantitative estimate of drug-likeness (QED) is 0.302. The molecular formula is H5FeO4PS. The molecule has 0 amide bonds. The van der Waals surface area contributed by atoms with E-state index in [0.717, 1.165) is 0 Å². The molecule has 0 aromatic rings. The second-order valence-corrected chi connectivity index (χ2v) is 1.34. The first-order chi connectivity index (χ1) is 2.00. The minimum absolute atomic E-state index is 0. The number of rotatable bonds is 0. The van der Waals surface area contributed by atoms with Crippen LogP contribution in [0.4, 0.5) is 0 Å². The van der Waals surface area contributed by atoms with Crippen molar-refractivity contribution in [2.75, 3.05) is 0 Å². The van der Waals surface area contributed by atoms with Gasteiger partial charge in [0.1, 0.15) is 0 Å². The fourth-order valence-corrected chi connectivity index (χ4v) is 0. The molecule has 48 valence electrons. The zero-order valence-corrected chi connectivity index (χ0v) is 6.51. The Balaban J connectivity index is -0.0000000800. The Labute approximate surface area is 55.4 Å². The van der Waals surface area contributed by atoms with Crippen LogP contribution in [0, 0.1) is 0 Å². The minimum Gasteiger partial charge on any atom is -0.264 e. The summed E-state index contributed by atoms with van der Waals surface area (Å²) in [6.45, 7) is 0. The molecular weight excluding hydrogens is 183 g/mol. The van der Waals surface area contributed by atoms with E-state index in [2.05, 4.69) is 0 Å². The van der Waals surface area contributed by atoms with E-state index in [1.54, 1.807) is 0 Å². The topological polar surface area (TPSA) is 74.6 Å². The van der Waals surface area contributed by atoms with Crippen LogP contribution in [0.15, 0.2) is 0 Å². The van der Waals surface area contributed by atoms with Gasteiger partial charge < -0.3 is 0 Å². The second-order valence-electron chi connectivity index (χ2n) is 0.448. The molecule has 1 atom stereocenters. The summed E-state index contributed by atoms with van der Waals surface area (Å²) in [5, 5.41) is 0. The molecule has 0 aromatic heterocycles. The normalized spacial score (nSPS) is 8.29. The molecule has 4 nitrogen and oxygen atoms in total. The van der Waals surface area contributed by atoms with Gasteiger partial charge in [-0.15, -0.1) is 0 Å². The predicted octanol–water partition coefficient (Wildman–Crippen LogP) is -0.597. The van der Waals surface area contributed by atoms with Crippen LogP contribution >= 0.6 is 9.90 Å². The summed E-state index contributed by atoms with van der Waals surface area (Å²) in [7, 11) is -4.67. The van der Waals surface area contributed by atoms with E-state index in [0.29, 0.717) is 0 Å². The van der Waals surface area contributed by atoms with E-state index in [1.165, 1.54) is 0 Å². The number of hydrogen-bond acceptors (Lipinski definition) is 2. The molecule has 0 bridgehead atoms. The van der Waals surface area contributed by atoms with Gasteiger partial charge in [0, 0.05) is 17.1 Å². The molecule has 0 radical (unpaired) electrons. The van der Waals surface area contributed by atoms with Crippen LogP contribution in [0.5, 0.6) is 0 Å². The molecule has 1 unspecified atom stereocenters. The van der Waals surface area contributed by atoms with E-state index >= 15 is 0 Å². The minimum atomic E-state index is -4.67. The fraction of sp³-hybridized carbons (Fsp3) is 0. The first-order valence-corrected chi connectivity index (χ1v) is 2.10. The van der Waals surface area contributed by atoms with Gasteiger partial charge in [-0.1, -0.05) is 0 Å². The third-order valence-corrected chi connectivity index (χ3v) is 0. The molecule has 0 saturated heterocycles. The van der Waals surface area contributed by atoms with Crippen molar-refractivity contribution in [1.29, 1.82) is 0 Å². The predicted molar refractivity (Wildman–Crippen MR) is 25.3 cm³/mol. The fourth-order valence-electron chi connectivity index (χ4n) is 0. The molecule has 0 aromatic carbocycles. The summed E-state index contributed by atoms with van der Waals surface area (Å²) in [6, 6.07) is 0. The van der Waals surface area contributed by atoms with Crippen LogP contribution in [-0.4, -0.2) is 17.5 Å². The van der Waals surface area contributed by atoms with Gasteiger partial charge in [0.15, 0.2) is 0 Å². The third-order valence-electron chi connectivity index (χ3n) is 0. The van der Waals surface area contributed by atoms with Crippen LogP contribution in [0.3, 0.4) is 0 Å². The van der Waals surface area contributed by atoms with Crippen molar-refractivity contribution in [3.63, 3.8) is 0 Å². The molecule has 0 aliphatic rings. The van der Waals surface area contributed by atoms with E-state index in [4.69, 9.17) is 17.5 Å². The summed E-state index contributed by atoms with van der Waals surface area (Å²) in [6.07, 6.45) is 0. The Morgan fingerprint density at radius 1 is 1.14 bits per heavy atom. The second kappa shape index (κ2) is 4.97. The molecule has 0 rings (SSSR count). The Morgan fingerprint density at radius 2 is 1.14 bits per heavy atom. The summed E-state index contributed by atoms with van der Waals surface area (Å²) < 4.78 is 31.6. The van der Waals surface area contributed by atoms with Gasteiger partial charge in [0.25, 0.3) is 0 Å². The average Bonchev–Trinajstić information content (AvgIpc) is 0.722. The Hall–Kier alpha value is 0.819. The van der Waals surface area contributed by atoms with E-state index in [1.807, 2.05) is 0 Å². The maximum absolute atomic E-state index is 8.74. The van der Waals surface area contributed by atoms with Crippen molar-refractivity contribution in [2.45, 2.75) is 0 Å². The van der Waals surface area contributed by atoms with Crippen LogP contribution in [0.25, 0.3) is 0 Å². The van der Waals surface area contributed by atoms with Crippen LogP contribution in [-0.2, 0) is 27.5 Å². The molecule has 0 saturated carbocycles. The molecule has 0 spiro atoms. The van der Waals surface area contributed by atoms with Crippen molar-refractivity contribution >= 4 is 20.3 Å². The van der Waals surface area contributed by atoms with Crippen LogP contribution in [0.2, 0.25) is 0 Å². The average molecular weight is 188 g/mol. The third kappa shape index (κ3) is 236. The van der Waals surface area contributed by atoms with Crippen molar-refractivity contribution in [1.82, 2.24) is 0 Å². The van der Waals surface area contributed by atoms with E-state index in [9.17, 15) is 0 Å². The van der Waals surface area contributed by atoms with Gasteiger partial charge in [-0.05, 0) is 0 Å². The van der Waals surface area contributed by atoms with Crippen molar-refractivity contribution in [3.8, 4) is 0 Å². The zero-order valence-electron chi connectivity index (χ0n) is 3.18. The van der Waals surface area contributed by atoms with Gasteiger partial charge in [-0.2, -0.15) is 18.3 Å². The van der Waals surface area contributed by atoms with Gasteiger partial charge >= 0.3 is 10.4 Å². The van der Waals surface area contributed by atoms with Crippen LogP contribution in [0.1, 0.15) is 0 Å². The maximum Gasteiger partial charge on any atom is 0.394 e. The molecule has 7 heteroatoms. The molecule has 2 N–H and O–H groups in total. The van der Waals surface area contributed by atoms with Gasteiger partial charge in [-0.25, -0.2) is 0 Å². The molecule has 0 fully saturated rings. The molecule has 0 aliphatic carbocycles. The Morgan fingerprint density at radius 3 is 1.14 bits per heavy atom. The van der Waals surface area contributed by atoms with Crippen LogP contribution < -0.4 is 0 Å². The van der Waals surface area contributed by atoms with E-state index in [-0.39, 0.29) is 27.0 Å². The van der Waals surface area contributed by atoms with Gasteiger partial charge in [0.2, 0.25) is 0 Å². The number of hydrogen-bond donors (Lipinski definition) is 2. The molecule has 0 heterocycles. The Kier molecular flexibility index (Phi) is 11.1. The first kappa shape index (κ1) is 15.7. The van der Waals surface area contributed by atoms with Gasteiger partial charge in [-0.3, -0.25) is 9.11 Å². The summed E-state index contributed by atoms with van der Waals surface area (Å²) in [5.41, 5.74) is 0. The monoisotopic (exact) mass is 188 g/mol. The zero-order chi connectivity index (χ0) is 4.50. The maximum atomic E-state index is 8.74. The smallest absolute Gasteiger partial charge is 0.264 e. The van der Waals surface area contributed by atoms with Gasteiger partial charge in [0.05, 0.1) is 0 Å². The standard InChI is InChI=1S/Fe.H2O4S.H3P/c;1-5(2,3)4;/h;(H2,1,2,3,4);1H3. The first-order valence-electron chi connectivity index (χ1n) is 0.698. The van der Waals surface area contributed by atoms with Crippen molar-refractivity contribution in [2.24, 2.45) is 0 Å². The summed E-state index contributed by atoms with van der Waals surface area (Å²) >= 11 is 0. The van der Waals surface area contributed by atoms with E-state index < -0.39 is 10.4 Å². The molecule has 0 aliphatic heterocycles. The molecule has 7 heavy (non-hydrogen) atoms. The summed E-state index contributed by atoms with van der Waals surface area (Å²) in [5.74, 6) is 0. The summed E-state index contributed by atoms with van der Waals surface area (Å²) in [4.78, 5) is 0. The Bertz CT molecular complexity index is 94.9. The van der Waals surface area contributed by atoms with Crippen molar-refractivity contribution in [3.05, 3.63) is 0 Å². The largest absolute Gasteiger partial charge is 0.394 e. The van der Waals surface area contributed by atoms with Crippen molar-refractivity contribution < 1.29 is 34.6 Å². The SMILES string of the molecule is O=S(=O)(O)O.P.[Fe].